The Morgan fingerprint density at radius 2 is 1.88 bits per heavy atom. The third-order valence-electron chi connectivity index (χ3n) is 3.97. The number of nitrogen functional groups attached to an aromatic ring is 1. The molecular formula is C19H16N6. The first-order valence-corrected chi connectivity index (χ1v) is 7.86. The number of benzene rings is 2. The molecule has 0 bridgehead atoms. The highest BCUT2D eigenvalue weighted by Gasteiger charge is 2.06. The minimum atomic E-state index is 0.372. The number of anilines is 1. The third-order valence-corrected chi connectivity index (χ3v) is 3.97. The average molecular weight is 328 g/mol. The van der Waals surface area contributed by atoms with Crippen LogP contribution in [0.3, 0.4) is 0 Å². The lowest BCUT2D eigenvalue weighted by atomic mass is 10.1. The van der Waals surface area contributed by atoms with Crippen LogP contribution < -0.4 is 5.73 Å². The SMILES string of the molecule is Cc1ccc2cnc(N)c(N=Nc3ccc(-n4ccnc4)cc3)c2c1. The van der Waals surface area contributed by atoms with E-state index in [0.29, 0.717) is 11.5 Å². The molecule has 0 saturated heterocycles. The Morgan fingerprint density at radius 1 is 1.04 bits per heavy atom. The lowest BCUT2D eigenvalue weighted by Gasteiger charge is -2.05. The molecule has 25 heavy (non-hydrogen) atoms. The van der Waals surface area contributed by atoms with E-state index in [0.717, 1.165) is 27.7 Å². The lowest BCUT2D eigenvalue weighted by molar-refractivity contribution is 1.06. The molecule has 0 amide bonds. The average Bonchev–Trinajstić information content (AvgIpc) is 3.16. The summed E-state index contributed by atoms with van der Waals surface area (Å²) in [5.74, 6) is 0.372. The van der Waals surface area contributed by atoms with Gasteiger partial charge in [-0.15, -0.1) is 5.11 Å². The molecule has 2 aromatic heterocycles. The van der Waals surface area contributed by atoms with Crippen LogP contribution in [-0.4, -0.2) is 14.5 Å². The normalized spacial score (nSPS) is 11.4. The molecule has 122 valence electrons. The fraction of sp³-hybridized carbons (Fsp3) is 0.0526. The summed E-state index contributed by atoms with van der Waals surface area (Å²) in [4.78, 5) is 8.25. The molecule has 0 aliphatic heterocycles. The fourth-order valence-corrected chi connectivity index (χ4v) is 2.64. The molecule has 0 aliphatic carbocycles. The first kappa shape index (κ1) is 15.0. The van der Waals surface area contributed by atoms with E-state index in [4.69, 9.17) is 5.73 Å². The van der Waals surface area contributed by atoms with Crippen molar-refractivity contribution >= 4 is 28.0 Å². The molecule has 4 aromatic rings. The molecule has 0 unspecified atom stereocenters. The summed E-state index contributed by atoms with van der Waals surface area (Å²) in [6.07, 6.45) is 7.14. The van der Waals surface area contributed by atoms with Crippen LogP contribution in [0.15, 0.2) is 77.6 Å². The zero-order valence-corrected chi connectivity index (χ0v) is 13.7. The van der Waals surface area contributed by atoms with Gasteiger partial charge in [-0.2, -0.15) is 5.11 Å². The van der Waals surface area contributed by atoms with Crippen LogP contribution in [-0.2, 0) is 0 Å². The van der Waals surface area contributed by atoms with E-state index >= 15 is 0 Å². The fourth-order valence-electron chi connectivity index (χ4n) is 2.64. The Hall–Kier alpha value is -3.54. The van der Waals surface area contributed by atoms with Crippen LogP contribution in [0.2, 0.25) is 0 Å². The van der Waals surface area contributed by atoms with E-state index in [1.807, 2.05) is 60.2 Å². The summed E-state index contributed by atoms with van der Waals surface area (Å²) in [7, 11) is 0. The molecular weight excluding hydrogens is 312 g/mol. The molecule has 0 radical (unpaired) electrons. The standard InChI is InChI=1S/C19H16N6/c1-13-2-3-14-11-22-19(20)18(17(14)10-13)24-23-15-4-6-16(7-5-15)25-9-8-21-12-25/h2-12H,1H3,(H2,20,22). The van der Waals surface area contributed by atoms with E-state index in [-0.39, 0.29) is 0 Å². The smallest absolute Gasteiger partial charge is 0.151 e. The number of pyridine rings is 1. The minimum absolute atomic E-state index is 0.372. The highest BCUT2D eigenvalue weighted by atomic mass is 15.1. The number of aromatic nitrogens is 3. The summed E-state index contributed by atoms with van der Waals surface area (Å²) < 4.78 is 1.93. The number of nitrogens with two attached hydrogens (primary N) is 1. The Kier molecular flexibility index (Phi) is 3.70. The van der Waals surface area contributed by atoms with E-state index in [9.17, 15) is 0 Å². The summed E-state index contributed by atoms with van der Waals surface area (Å²) in [6, 6.07) is 13.8. The van der Waals surface area contributed by atoms with Crippen molar-refractivity contribution in [1.82, 2.24) is 14.5 Å². The van der Waals surface area contributed by atoms with Gasteiger partial charge in [0.1, 0.15) is 5.69 Å². The first-order valence-electron chi connectivity index (χ1n) is 7.86. The van der Waals surface area contributed by atoms with Crippen LogP contribution >= 0.6 is 0 Å². The van der Waals surface area contributed by atoms with Gasteiger partial charge in [-0.05, 0) is 37.3 Å². The van der Waals surface area contributed by atoms with Crippen molar-refractivity contribution in [2.45, 2.75) is 6.92 Å². The number of hydrogen-bond acceptors (Lipinski definition) is 5. The predicted octanol–water partition coefficient (Wildman–Crippen LogP) is 4.73. The van der Waals surface area contributed by atoms with E-state index < -0.39 is 0 Å². The van der Waals surface area contributed by atoms with Gasteiger partial charge in [0.2, 0.25) is 0 Å². The van der Waals surface area contributed by atoms with Crippen molar-refractivity contribution in [2.75, 3.05) is 5.73 Å². The van der Waals surface area contributed by atoms with Gasteiger partial charge < -0.3 is 10.3 Å². The summed E-state index contributed by atoms with van der Waals surface area (Å²) >= 11 is 0. The number of rotatable bonds is 3. The maximum absolute atomic E-state index is 6.01. The van der Waals surface area contributed by atoms with Crippen LogP contribution in [0.5, 0.6) is 0 Å². The third kappa shape index (κ3) is 2.97. The molecule has 0 fully saturated rings. The molecule has 2 N–H and O–H groups in total. The second kappa shape index (κ2) is 6.16. The Morgan fingerprint density at radius 3 is 2.64 bits per heavy atom. The summed E-state index contributed by atoms with van der Waals surface area (Å²) in [5.41, 5.74) is 9.51. The molecule has 0 spiro atoms. The molecule has 0 aliphatic rings. The van der Waals surface area contributed by atoms with Crippen molar-refractivity contribution in [3.8, 4) is 5.69 Å². The minimum Gasteiger partial charge on any atom is -0.382 e. The molecule has 0 atom stereocenters. The second-order valence-electron chi connectivity index (χ2n) is 5.77. The van der Waals surface area contributed by atoms with Gasteiger partial charge in [-0.1, -0.05) is 17.7 Å². The maximum Gasteiger partial charge on any atom is 0.151 e. The largest absolute Gasteiger partial charge is 0.382 e. The van der Waals surface area contributed by atoms with Gasteiger partial charge in [0.25, 0.3) is 0 Å². The van der Waals surface area contributed by atoms with Crippen LogP contribution in [0.25, 0.3) is 16.5 Å². The van der Waals surface area contributed by atoms with E-state index in [2.05, 4.69) is 20.2 Å². The van der Waals surface area contributed by atoms with E-state index in [1.54, 1.807) is 18.7 Å². The number of hydrogen-bond donors (Lipinski definition) is 1. The molecule has 6 nitrogen and oxygen atoms in total. The number of aryl methyl sites for hydroxylation is 1. The van der Waals surface area contributed by atoms with E-state index in [1.165, 1.54) is 0 Å². The van der Waals surface area contributed by atoms with Gasteiger partial charge in [-0.25, -0.2) is 9.97 Å². The second-order valence-corrected chi connectivity index (χ2v) is 5.77. The van der Waals surface area contributed by atoms with Gasteiger partial charge in [0.15, 0.2) is 5.82 Å². The molecule has 0 saturated carbocycles. The van der Waals surface area contributed by atoms with Gasteiger partial charge in [0.05, 0.1) is 12.0 Å². The van der Waals surface area contributed by atoms with Crippen molar-refractivity contribution in [2.24, 2.45) is 10.2 Å². The molecule has 6 heteroatoms. The highest BCUT2D eigenvalue weighted by molar-refractivity contribution is 5.96. The zero-order chi connectivity index (χ0) is 17.2. The van der Waals surface area contributed by atoms with Crippen LogP contribution in [0, 0.1) is 6.92 Å². The van der Waals surface area contributed by atoms with Crippen molar-refractivity contribution in [3.63, 3.8) is 0 Å². The number of azo groups is 1. The van der Waals surface area contributed by atoms with Gasteiger partial charge in [-0.3, -0.25) is 0 Å². The molecule has 2 heterocycles. The summed E-state index contributed by atoms with van der Waals surface area (Å²) in [5, 5.41) is 10.6. The topological polar surface area (TPSA) is 81.5 Å². The number of nitrogens with zero attached hydrogens (tertiary/aromatic N) is 5. The molecule has 4 rings (SSSR count). The first-order chi connectivity index (χ1) is 12.2. The molecule has 2 aromatic carbocycles. The Balaban J connectivity index is 1.69. The van der Waals surface area contributed by atoms with Gasteiger partial charge in [0, 0.05) is 35.1 Å². The maximum atomic E-state index is 6.01. The highest BCUT2D eigenvalue weighted by Crippen LogP contribution is 2.32. The van der Waals surface area contributed by atoms with Crippen LogP contribution in [0.4, 0.5) is 17.2 Å². The number of fused-ring (bicyclic) bond motifs is 1. The zero-order valence-electron chi connectivity index (χ0n) is 13.7. The van der Waals surface area contributed by atoms with Gasteiger partial charge >= 0.3 is 0 Å². The predicted molar refractivity (Wildman–Crippen MR) is 98.6 cm³/mol. The monoisotopic (exact) mass is 328 g/mol. The van der Waals surface area contributed by atoms with Crippen molar-refractivity contribution < 1.29 is 0 Å². The summed E-state index contributed by atoms with van der Waals surface area (Å²) in [6.45, 7) is 2.03. The number of imidazole rings is 1. The lowest BCUT2D eigenvalue weighted by Crippen LogP contribution is -1.91. The van der Waals surface area contributed by atoms with Crippen molar-refractivity contribution in [3.05, 3.63) is 72.9 Å². The Labute approximate surface area is 144 Å². The quantitative estimate of drug-likeness (QED) is 0.552. The van der Waals surface area contributed by atoms with Crippen molar-refractivity contribution in [1.29, 1.82) is 0 Å². The van der Waals surface area contributed by atoms with Crippen LogP contribution in [0.1, 0.15) is 5.56 Å². The Bertz CT molecular complexity index is 1040.